The molecule has 1 saturated heterocycles. The predicted octanol–water partition coefficient (Wildman–Crippen LogP) is 2.48. The molecule has 1 heterocycles. The van der Waals surface area contributed by atoms with Gasteiger partial charge in [0.15, 0.2) is 5.79 Å². The number of hydrogen-bond acceptors (Lipinski definition) is 2. The number of aliphatic hydroxyl groups is 1. The number of ether oxygens (including phenoxy) is 1. The van der Waals surface area contributed by atoms with Gasteiger partial charge in [-0.3, -0.25) is 0 Å². The van der Waals surface area contributed by atoms with Gasteiger partial charge >= 0.3 is 0 Å². The van der Waals surface area contributed by atoms with E-state index in [-0.39, 0.29) is 0 Å². The maximum Gasteiger partial charge on any atom is 0.162 e. The largest absolute Gasteiger partial charge is 0.366 e. The van der Waals surface area contributed by atoms with Crippen LogP contribution in [-0.2, 0) is 4.74 Å². The lowest BCUT2D eigenvalue weighted by atomic mass is 9.52. The van der Waals surface area contributed by atoms with E-state index in [1.807, 2.05) is 0 Å². The lowest BCUT2D eigenvalue weighted by Gasteiger charge is -2.57. The summed E-state index contributed by atoms with van der Waals surface area (Å²) in [5.41, 5.74) is 1.76. The third-order valence-corrected chi connectivity index (χ3v) is 4.88. The van der Waals surface area contributed by atoms with Crippen LogP contribution in [-0.4, -0.2) is 17.5 Å². The second-order valence-corrected chi connectivity index (χ2v) is 6.03. The summed E-state index contributed by atoms with van der Waals surface area (Å²) in [5, 5.41) is 9.96. The van der Waals surface area contributed by atoms with E-state index >= 15 is 0 Å². The lowest BCUT2D eigenvalue weighted by Crippen LogP contribution is -2.54. The average Bonchev–Trinajstić information content (AvgIpc) is 2.17. The standard InChI is InChI=1S/C13H20O2/c1-9-6-13-4-3-10(9)5-11(13)7-12(2,14)15-8-13/h10-11,14H,1,3-8H2,2H3/t10-,11-,12?,13-/m0/s1. The molecule has 0 radical (unpaired) electrons. The summed E-state index contributed by atoms with van der Waals surface area (Å²) in [6, 6.07) is 0. The molecule has 4 aliphatic rings. The normalized spacial score (nSPS) is 54.1. The van der Waals surface area contributed by atoms with E-state index < -0.39 is 5.79 Å². The molecule has 4 rings (SSSR count). The average molecular weight is 208 g/mol. The highest BCUT2D eigenvalue weighted by Gasteiger charge is 2.54. The van der Waals surface area contributed by atoms with Gasteiger partial charge in [-0.15, -0.1) is 0 Å². The maximum absolute atomic E-state index is 9.96. The van der Waals surface area contributed by atoms with Gasteiger partial charge in [0.05, 0.1) is 6.61 Å². The number of fused-ring (bicyclic) bond motifs is 2. The van der Waals surface area contributed by atoms with E-state index in [2.05, 4.69) is 6.58 Å². The molecule has 4 atom stereocenters. The monoisotopic (exact) mass is 208 g/mol. The Morgan fingerprint density at radius 1 is 1.53 bits per heavy atom. The second-order valence-electron chi connectivity index (χ2n) is 6.03. The minimum Gasteiger partial charge on any atom is -0.366 e. The van der Waals surface area contributed by atoms with Crippen LogP contribution in [0.2, 0.25) is 0 Å². The summed E-state index contributed by atoms with van der Waals surface area (Å²) in [6.07, 6.45) is 5.76. The molecule has 84 valence electrons. The van der Waals surface area contributed by atoms with Gasteiger partial charge in [0.2, 0.25) is 0 Å². The van der Waals surface area contributed by atoms with Crippen molar-refractivity contribution in [2.45, 2.75) is 44.8 Å². The molecule has 1 unspecified atom stereocenters. The van der Waals surface area contributed by atoms with Crippen molar-refractivity contribution in [3.8, 4) is 0 Å². The minimum absolute atomic E-state index is 0.327. The van der Waals surface area contributed by atoms with Crippen molar-refractivity contribution in [3.05, 3.63) is 12.2 Å². The highest BCUT2D eigenvalue weighted by Crippen LogP contribution is 2.59. The Morgan fingerprint density at radius 3 is 3.07 bits per heavy atom. The predicted molar refractivity (Wildman–Crippen MR) is 58.2 cm³/mol. The van der Waals surface area contributed by atoms with Gasteiger partial charge in [-0.2, -0.15) is 0 Å². The lowest BCUT2D eigenvalue weighted by molar-refractivity contribution is -0.271. The van der Waals surface area contributed by atoms with Crippen molar-refractivity contribution in [1.29, 1.82) is 0 Å². The van der Waals surface area contributed by atoms with Crippen molar-refractivity contribution in [1.82, 2.24) is 0 Å². The Kier molecular flexibility index (Phi) is 1.88. The zero-order valence-corrected chi connectivity index (χ0v) is 9.46. The summed E-state index contributed by atoms with van der Waals surface area (Å²) in [5.74, 6) is 0.505. The molecule has 2 bridgehead atoms. The Balaban J connectivity index is 1.89. The molecule has 2 heteroatoms. The SMILES string of the molecule is C=C1C[C@]23CC[C@H]1C[C@H]2CC(C)(O)OC3. The van der Waals surface area contributed by atoms with Crippen molar-refractivity contribution in [2.75, 3.05) is 6.61 Å². The molecule has 0 aromatic carbocycles. The van der Waals surface area contributed by atoms with Crippen molar-refractivity contribution in [3.63, 3.8) is 0 Å². The Hall–Kier alpha value is -0.340. The van der Waals surface area contributed by atoms with Gasteiger partial charge in [0.25, 0.3) is 0 Å². The van der Waals surface area contributed by atoms with Crippen LogP contribution in [0.25, 0.3) is 0 Å². The third kappa shape index (κ3) is 1.38. The van der Waals surface area contributed by atoms with Crippen LogP contribution in [0.15, 0.2) is 12.2 Å². The zero-order chi connectivity index (χ0) is 10.7. The fraction of sp³-hybridized carbons (Fsp3) is 0.846. The first-order chi connectivity index (χ1) is 7.01. The summed E-state index contributed by atoms with van der Waals surface area (Å²) in [7, 11) is 0. The smallest absolute Gasteiger partial charge is 0.162 e. The fourth-order valence-corrected chi connectivity index (χ4v) is 3.93. The van der Waals surface area contributed by atoms with Crippen LogP contribution in [0.3, 0.4) is 0 Å². The molecule has 3 saturated carbocycles. The highest BCUT2D eigenvalue weighted by atomic mass is 16.6. The fourth-order valence-electron chi connectivity index (χ4n) is 3.93. The quantitative estimate of drug-likeness (QED) is 0.620. The molecule has 1 N–H and O–H groups in total. The summed E-state index contributed by atoms with van der Waals surface area (Å²) in [6.45, 7) is 6.74. The molecule has 2 nitrogen and oxygen atoms in total. The second kappa shape index (κ2) is 2.86. The van der Waals surface area contributed by atoms with Gasteiger partial charge in [0.1, 0.15) is 0 Å². The van der Waals surface area contributed by atoms with Crippen LogP contribution in [0, 0.1) is 17.3 Å². The molecule has 15 heavy (non-hydrogen) atoms. The maximum atomic E-state index is 9.96. The van der Waals surface area contributed by atoms with Crippen LogP contribution in [0.5, 0.6) is 0 Å². The van der Waals surface area contributed by atoms with E-state index in [4.69, 9.17) is 4.74 Å². The molecule has 3 aliphatic carbocycles. The molecule has 4 fully saturated rings. The number of allylic oxidation sites excluding steroid dienone is 1. The van der Waals surface area contributed by atoms with Crippen molar-refractivity contribution < 1.29 is 9.84 Å². The first-order valence-electron chi connectivity index (χ1n) is 6.05. The Morgan fingerprint density at radius 2 is 2.33 bits per heavy atom. The van der Waals surface area contributed by atoms with Crippen molar-refractivity contribution in [2.24, 2.45) is 17.3 Å². The van der Waals surface area contributed by atoms with Gasteiger partial charge in [0, 0.05) is 11.8 Å². The van der Waals surface area contributed by atoms with E-state index in [0.717, 1.165) is 25.4 Å². The van der Waals surface area contributed by atoms with Gasteiger partial charge in [-0.1, -0.05) is 12.2 Å². The molecule has 0 aromatic heterocycles. The number of rotatable bonds is 0. The zero-order valence-electron chi connectivity index (χ0n) is 9.46. The number of hydrogen-bond donors (Lipinski definition) is 1. The van der Waals surface area contributed by atoms with Crippen LogP contribution in [0.1, 0.15) is 39.0 Å². The molecular weight excluding hydrogens is 188 g/mol. The highest BCUT2D eigenvalue weighted by molar-refractivity contribution is 5.17. The van der Waals surface area contributed by atoms with E-state index in [0.29, 0.717) is 11.3 Å². The first kappa shape index (κ1) is 9.86. The van der Waals surface area contributed by atoms with Crippen LogP contribution < -0.4 is 0 Å². The third-order valence-electron chi connectivity index (χ3n) is 4.88. The van der Waals surface area contributed by atoms with Crippen LogP contribution >= 0.6 is 0 Å². The summed E-state index contributed by atoms with van der Waals surface area (Å²) in [4.78, 5) is 0. The molecule has 1 spiro atoms. The van der Waals surface area contributed by atoms with Gasteiger partial charge < -0.3 is 9.84 Å². The van der Waals surface area contributed by atoms with E-state index in [1.165, 1.54) is 24.8 Å². The van der Waals surface area contributed by atoms with E-state index in [9.17, 15) is 5.11 Å². The molecule has 0 aromatic rings. The van der Waals surface area contributed by atoms with Gasteiger partial charge in [-0.05, 0) is 44.4 Å². The summed E-state index contributed by atoms with van der Waals surface area (Å²) >= 11 is 0. The van der Waals surface area contributed by atoms with E-state index in [1.54, 1.807) is 6.92 Å². The van der Waals surface area contributed by atoms with Crippen LogP contribution in [0.4, 0.5) is 0 Å². The molecule has 0 amide bonds. The Labute approximate surface area is 91.3 Å². The van der Waals surface area contributed by atoms with Gasteiger partial charge in [-0.25, -0.2) is 0 Å². The Bertz CT molecular complexity index is 308. The first-order valence-corrected chi connectivity index (χ1v) is 6.05. The topological polar surface area (TPSA) is 29.5 Å². The van der Waals surface area contributed by atoms with Crippen molar-refractivity contribution >= 4 is 0 Å². The summed E-state index contributed by atoms with van der Waals surface area (Å²) < 4.78 is 5.62. The molecular formula is C13H20O2. The molecule has 1 aliphatic heterocycles. The minimum atomic E-state index is -0.880.